The summed E-state index contributed by atoms with van der Waals surface area (Å²) < 4.78 is 33.7. The molecule has 2 unspecified atom stereocenters. The molecule has 0 aromatic carbocycles. The summed E-state index contributed by atoms with van der Waals surface area (Å²) in [5, 5.41) is 10.2. The number of aliphatic hydroxyl groups is 1. The van der Waals surface area contributed by atoms with Crippen molar-refractivity contribution in [3.8, 4) is 0 Å². The van der Waals surface area contributed by atoms with Gasteiger partial charge in [0.15, 0.2) is 6.10 Å². The van der Waals surface area contributed by atoms with Crippen LogP contribution in [0.15, 0.2) is 122 Å². The van der Waals surface area contributed by atoms with Crippen LogP contribution in [-0.4, -0.2) is 81.2 Å². The van der Waals surface area contributed by atoms with E-state index in [-0.39, 0.29) is 26.1 Å². The maximum Gasteiger partial charge on any atom is 0.306 e. The molecule has 0 aliphatic heterocycles. The molecular weight excluding hydrogens is 790 g/mol. The van der Waals surface area contributed by atoms with Gasteiger partial charge in [-0.2, -0.15) is 0 Å². The van der Waals surface area contributed by atoms with E-state index >= 15 is 0 Å². The zero-order valence-electron chi connectivity index (χ0n) is 38.2. The highest BCUT2D eigenvalue weighted by Crippen LogP contribution is 2.38. The molecule has 0 aromatic rings. The molecule has 0 spiro atoms. The summed E-state index contributed by atoms with van der Waals surface area (Å²) in [6, 6.07) is 0. The summed E-state index contributed by atoms with van der Waals surface area (Å²) in [5.74, 6) is -1.08. The molecule has 0 fully saturated rings. The fourth-order valence-corrected chi connectivity index (χ4v) is 5.77. The molecule has 3 atom stereocenters. The van der Waals surface area contributed by atoms with Crippen molar-refractivity contribution in [3.05, 3.63) is 122 Å². The number of ether oxygens (including phenoxy) is 2. The van der Waals surface area contributed by atoms with Crippen molar-refractivity contribution >= 4 is 19.8 Å². The Hall–Kier alpha value is -3.63. The number of carbonyl (C=O) groups excluding carboxylic acids is 2. The first-order chi connectivity index (χ1) is 29.4. The lowest BCUT2D eigenvalue weighted by Gasteiger charge is -2.28. The summed E-state index contributed by atoms with van der Waals surface area (Å²) in [4.78, 5) is 37.5. The predicted octanol–water partition coefficient (Wildman–Crippen LogP) is 11.2. The molecule has 0 bridgehead atoms. The highest BCUT2D eigenvalue weighted by Gasteiger charge is 2.21. The fraction of sp³-hybridized carbons (Fsp3) is 0.560. The number of allylic oxidation sites excluding steroid dienone is 18. The second-order valence-corrected chi connectivity index (χ2v) is 16.9. The third kappa shape index (κ3) is 44.2. The standard InChI is InChI=1S/C50H80NO9P/c1-6-8-10-12-14-16-17-18-19-20-21-22-23-24-25-27-29-33-37-41-49(53)57-45-48(46-59-61(55,56)58-44-43-51(3,4)5)60-50(54)42-38-34-30-32-36-40-47(52)39-35-31-28-26-15-13-11-9-7-2/h8,10,14-16,18-19,21-22,24-26,29-33,35-36,40,47-48,52H,6-7,9,11-13,17,20,23,27-28,34,37-39,41-46H2,1-5H3/b10-8-,16-14-,19-18-,22-21-,25-24-,26-15-,32-30+,33-29-,35-31-,40-36-/t47?,48-/m1/s1. The van der Waals surface area contributed by atoms with Gasteiger partial charge in [-0.3, -0.25) is 14.2 Å². The first-order valence-corrected chi connectivity index (χ1v) is 23.8. The molecule has 0 aliphatic carbocycles. The van der Waals surface area contributed by atoms with Gasteiger partial charge in [0.25, 0.3) is 7.82 Å². The first kappa shape index (κ1) is 57.4. The number of phosphoric ester groups is 1. The third-order valence-electron chi connectivity index (χ3n) is 8.56. The second kappa shape index (κ2) is 40.4. The quantitative estimate of drug-likeness (QED) is 0.0161. The Bertz CT molecular complexity index is 1460. The van der Waals surface area contributed by atoms with Gasteiger partial charge in [0.2, 0.25) is 0 Å². The summed E-state index contributed by atoms with van der Waals surface area (Å²) >= 11 is 0. The van der Waals surface area contributed by atoms with E-state index in [0.29, 0.717) is 36.7 Å². The van der Waals surface area contributed by atoms with Crippen molar-refractivity contribution in [3.63, 3.8) is 0 Å². The van der Waals surface area contributed by atoms with Gasteiger partial charge in [-0.05, 0) is 83.5 Å². The van der Waals surface area contributed by atoms with Crippen LogP contribution in [0.1, 0.15) is 123 Å². The van der Waals surface area contributed by atoms with Crippen molar-refractivity contribution in [2.45, 2.75) is 135 Å². The van der Waals surface area contributed by atoms with Gasteiger partial charge in [0.05, 0.1) is 33.9 Å². The number of quaternary nitrogens is 1. The monoisotopic (exact) mass is 870 g/mol. The van der Waals surface area contributed by atoms with Crippen molar-refractivity contribution in [2.75, 3.05) is 47.5 Å². The number of aliphatic hydroxyl groups excluding tert-OH is 1. The van der Waals surface area contributed by atoms with Crippen LogP contribution in [0.4, 0.5) is 0 Å². The molecule has 0 radical (unpaired) electrons. The minimum absolute atomic E-state index is 0.0662. The van der Waals surface area contributed by atoms with Crippen LogP contribution in [0.2, 0.25) is 0 Å². The van der Waals surface area contributed by atoms with Gasteiger partial charge in [0, 0.05) is 12.8 Å². The summed E-state index contributed by atoms with van der Waals surface area (Å²) in [7, 11) is 1.02. The zero-order chi connectivity index (χ0) is 45.1. The Morgan fingerprint density at radius 2 is 1.16 bits per heavy atom. The van der Waals surface area contributed by atoms with Gasteiger partial charge in [-0.25, -0.2) is 0 Å². The van der Waals surface area contributed by atoms with E-state index in [2.05, 4.69) is 92.8 Å². The predicted molar refractivity (Wildman–Crippen MR) is 250 cm³/mol. The molecular formula is C50H80NO9P. The van der Waals surface area contributed by atoms with Crippen LogP contribution in [0, 0.1) is 0 Å². The maximum atomic E-state index is 12.7. The number of hydrogen-bond donors (Lipinski definition) is 1. The molecule has 0 aliphatic rings. The lowest BCUT2D eigenvalue weighted by Crippen LogP contribution is -2.37. The molecule has 61 heavy (non-hydrogen) atoms. The highest BCUT2D eigenvalue weighted by molar-refractivity contribution is 7.45. The summed E-state index contributed by atoms with van der Waals surface area (Å²) in [6.45, 7) is 3.79. The minimum Gasteiger partial charge on any atom is -0.756 e. The molecule has 1 N–H and O–H groups in total. The van der Waals surface area contributed by atoms with Gasteiger partial charge in [-0.15, -0.1) is 0 Å². The van der Waals surface area contributed by atoms with Crippen LogP contribution in [0.25, 0.3) is 0 Å². The molecule has 0 amide bonds. The number of likely N-dealkylation sites (N-methyl/N-ethyl adjacent to an activating group) is 1. The largest absolute Gasteiger partial charge is 0.756 e. The van der Waals surface area contributed by atoms with Crippen LogP contribution in [0.5, 0.6) is 0 Å². The van der Waals surface area contributed by atoms with Crippen LogP contribution < -0.4 is 4.89 Å². The molecule has 0 aromatic heterocycles. The Morgan fingerprint density at radius 3 is 1.74 bits per heavy atom. The van der Waals surface area contributed by atoms with Crippen LogP contribution >= 0.6 is 7.82 Å². The Balaban J connectivity index is 4.68. The number of hydrogen-bond acceptors (Lipinski definition) is 9. The highest BCUT2D eigenvalue weighted by atomic mass is 31.2. The molecule has 0 saturated heterocycles. The normalized spacial score (nSPS) is 15.2. The van der Waals surface area contributed by atoms with Gasteiger partial charge < -0.3 is 33.0 Å². The van der Waals surface area contributed by atoms with Gasteiger partial charge in [-0.1, -0.05) is 148 Å². The Morgan fingerprint density at radius 1 is 0.623 bits per heavy atom. The first-order valence-electron chi connectivity index (χ1n) is 22.4. The fourth-order valence-electron chi connectivity index (χ4n) is 5.04. The van der Waals surface area contributed by atoms with Crippen molar-refractivity contribution in [1.82, 2.24) is 0 Å². The maximum absolute atomic E-state index is 12.7. The van der Waals surface area contributed by atoms with Gasteiger partial charge in [0.1, 0.15) is 19.8 Å². The molecule has 344 valence electrons. The number of phosphoric acid groups is 1. The SMILES string of the molecule is CC/C=C\C/C=C\C/C=C\C/C=C\C/C=C\C/C=C\CCC(=O)OC[C@H](COP(=O)([O-])OCC[N+](C)(C)C)OC(=O)CCC/C=C/C=C\C(O)C/C=C\C/C=C\CCCCC. The topological polar surface area (TPSA) is 131 Å². The number of esters is 2. The number of carbonyl (C=O) groups is 2. The molecule has 11 heteroatoms. The van der Waals surface area contributed by atoms with Crippen LogP contribution in [0.3, 0.4) is 0 Å². The number of rotatable bonds is 38. The summed E-state index contributed by atoms with van der Waals surface area (Å²) in [5.41, 5.74) is 0. The molecule has 0 saturated carbocycles. The van der Waals surface area contributed by atoms with E-state index in [1.54, 1.807) is 12.2 Å². The van der Waals surface area contributed by atoms with E-state index in [0.717, 1.165) is 51.4 Å². The van der Waals surface area contributed by atoms with E-state index in [1.807, 2.05) is 51.5 Å². The van der Waals surface area contributed by atoms with E-state index in [4.69, 9.17) is 18.5 Å². The average Bonchev–Trinajstić information content (AvgIpc) is 3.21. The molecule has 0 heterocycles. The van der Waals surface area contributed by atoms with Crippen molar-refractivity contribution in [2.24, 2.45) is 0 Å². The van der Waals surface area contributed by atoms with Crippen molar-refractivity contribution in [1.29, 1.82) is 0 Å². The lowest BCUT2D eigenvalue weighted by atomic mass is 10.2. The lowest BCUT2D eigenvalue weighted by molar-refractivity contribution is -0.870. The van der Waals surface area contributed by atoms with Gasteiger partial charge >= 0.3 is 11.9 Å². The van der Waals surface area contributed by atoms with E-state index in [1.165, 1.54) is 19.3 Å². The Kier molecular flexibility index (Phi) is 38.0. The molecule has 0 rings (SSSR count). The van der Waals surface area contributed by atoms with Crippen LogP contribution in [-0.2, 0) is 32.7 Å². The summed E-state index contributed by atoms with van der Waals surface area (Å²) in [6.07, 6.45) is 52.7. The number of nitrogens with zero attached hydrogens (tertiary/aromatic N) is 1. The van der Waals surface area contributed by atoms with E-state index < -0.39 is 38.6 Å². The smallest absolute Gasteiger partial charge is 0.306 e. The zero-order valence-corrected chi connectivity index (χ0v) is 39.1. The Labute approximate surface area is 370 Å². The minimum atomic E-state index is -4.69. The van der Waals surface area contributed by atoms with Crippen molar-refractivity contribution < 1.29 is 47.2 Å². The molecule has 10 nitrogen and oxygen atoms in total. The number of unbranched alkanes of at least 4 members (excludes halogenated alkanes) is 4. The third-order valence-corrected chi connectivity index (χ3v) is 9.52. The average molecular weight is 870 g/mol. The van der Waals surface area contributed by atoms with E-state index in [9.17, 15) is 24.2 Å². The second-order valence-electron chi connectivity index (χ2n) is 15.5.